The van der Waals surface area contributed by atoms with E-state index in [9.17, 15) is 0 Å². The third-order valence-electron chi connectivity index (χ3n) is 2.12. The van der Waals surface area contributed by atoms with Crippen LogP contribution in [0.3, 0.4) is 0 Å². The highest BCUT2D eigenvalue weighted by Crippen LogP contribution is 2.24. The maximum absolute atomic E-state index is 5.70. The van der Waals surface area contributed by atoms with Crippen molar-refractivity contribution in [3.05, 3.63) is 29.2 Å². The second kappa shape index (κ2) is 6.78. The largest absolute Gasteiger partial charge is 0.464 e. The number of furan rings is 1. The molecular formula is C11H15N3OS2. The lowest BCUT2D eigenvalue weighted by atomic mass is 10.4. The number of hydrogen-bond donors (Lipinski definition) is 1. The van der Waals surface area contributed by atoms with E-state index in [1.165, 1.54) is 0 Å². The predicted molar refractivity (Wildman–Crippen MR) is 70.2 cm³/mol. The molecule has 1 N–H and O–H groups in total. The molecule has 0 atom stereocenters. The Hall–Kier alpha value is -0.850. The summed E-state index contributed by atoms with van der Waals surface area (Å²) in [6.07, 6.45) is 1.14. The predicted octanol–water partition coefficient (Wildman–Crippen LogP) is 2.92. The van der Waals surface area contributed by atoms with Crippen molar-refractivity contribution in [3.63, 3.8) is 0 Å². The molecule has 92 valence electrons. The fraction of sp³-hybridized carbons (Fsp3) is 0.455. The second-order valence-electron chi connectivity index (χ2n) is 3.54. The zero-order valence-electron chi connectivity index (χ0n) is 9.68. The van der Waals surface area contributed by atoms with Gasteiger partial charge in [-0.05, 0) is 25.1 Å². The van der Waals surface area contributed by atoms with Gasteiger partial charge in [-0.3, -0.25) is 0 Å². The normalized spacial score (nSPS) is 10.9. The van der Waals surface area contributed by atoms with Crippen LogP contribution < -0.4 is 5.32 Å². The molecule has 0 aromatic carbocycles. The minimum Gasteiger partial charge on any atom is -0.464 e. The van der Waals surface area contributed by atoms with Crippen molar-refractivity contribution in [2.75, 3.05) is 6.54 Å². The molecule has 0 fully saturated rings. The van der Waals surface area contributed by atoms with Crippen LogP contribution in [0.4, 0.5) is 0 Å². The molecule has 2 heterocycles. The summed E-state index contributed by atoms with van der Waals surface area (Å²) in [6.45, 7) is 3.98. The molecule has 0 aliphatic heterocycles. The Morgan fingerprint density at radius 2 is 2.29 bits per heavy atom. The van der Waals surface area contributed by atoms with Gasteiger partial charge in [0.25, 0.3) is 0 Å². The molecular weight excluding hydrogens is 254 g/mol. The van der Waals surface area contributed by atoms with Crippen molar-refractivity contribution in [1.29, 1.82) is 0 Å². The Morgan fingerprint density at radius 1 is 1.41 bits per heavy atom. The fourth-order valence-corrected chi connectivity index (χ4v) is 2.72. The second-order valence-corrected chi connectivity index (χ2v) is 5.59. The van der Waals surface area contributed by atoms with E-state index in [-0.39, 0.29) is 0 Å². The van der Waals surface area contributed by atoms with Crippen LogP contribution in [0.2, 0.25) is 0 Å². The molecule has 0 bridgehead atoms. The molecule has 4 nitrogen and oxygen atoms in total. The van der Waals surface area contributed by atoms with E-state index in [0.29, 0.717) is 0 Å². The van der Waals surface area contributed by atoms with Crippen LogP contribution in [0.25, 0.3) is 0 Å². The minimum absolute atomic E-state index is 0.803. The SMILES string of the molecule is CCCNCc1ccc(CSc2nncs2)o1. The molecule has 0 aliphatic rings. The first-order valence-corrected chi connectivity index (χ1v) is 7.42. The highest BCUT2D eigenvalue weighted by atomic mass is 32.2. The van der Waals surface area contributed by atoms with Crippen LogP contribution in [-0.2, 0) is 12.3 Å². The third-order valence-corrected chi connectivity index (χ3v) is 4.00. The molecule has 0 aliphatic carbocycles. The van der Waals surface area contributed by atoms with Gasteiger partial charge in [-0.1, -0.05) is 30.0 Å². The van der Waals surface area contributed by atoms with Gasteiger partial charge in [-0.2, -0.15) is 0 Å². The average Bonchev–Trinajstić information content (AvgIpc) is 2.98. The molecule has 0 unspecified atom stereocenters. The van der Waals surface area contributed by atoms with Crippen molar-refractivity contribution in [2.45, 2.75) is 30.0 Å². The lowest BCUT2D eigenvalue weighted by Gasteiger charge is -1.99. The molecule has 2 aromatic heterocycles. The van der Waals surface area contributed by atoms with Gasteiger partial charge in [0.15, 0.2) is 4.34 Å². The summed E-state index contributed by atoms with van der Waals surface area (Å²) in [5, 5.41) is 11.1. The number of hydrogen-bond acceptors (Lipinski definition) is 6. The monoisotopic (exact) mass is 269 g/mol. The fourth-order valence-electron chi connectivity index (χ4n) is 1.34. The van der Waals surface area contributed by atoms with E-state index in [1.807, 2.05) is 12.1 Å². The molecule has 0 radical (unpaired) electrons. The maximum Gasteiger partial charge on any atom is 0.174 e. The molecule has 6 heteroatoms. The van der Waals surface area contributed by atoms with Crippen LogP contribution in [0.5, 0.6) is 0 Å². The van der Waals surface area contributed by atoms with Crippen molar-refractivity contribution in [2.24, 2.45) is 0 Å². The summed E-state index contributed by atoms with van der Waals surface area (Å²) in [6, 6.07) is 4.05. The van der Waals surface area contributed by atoms with E-state index in [1.54, 1.807) is 28.6 Å². The van der Waals surface area contributed by atoms with Crippen LogP contribution in [-0.4, -0.2) is 16.7 Å². The Labute approximate surface area is 109 Å². The summed E-state index contributed by atoms with van der Waals surface area (Å²) < 4.78 is 6.68. The Kier molecular flexibility index (Phi) is 5.03. The summed E-state index contributed by atoms with van der Waals surface area (Å²) in [4.78, 5) is 0. The van der Waals surface area contributed by atoms with Gasteiger partial charge in [0.05, 0.1) is 12.3 Å². The molecule has 2 rings (SSSR count). The molecule has 0 saturated carbocycles. The number of rotatable bonds is 7. The van der Waals surface area contributed by atoms with Crippen molar-refractivity contribution in [1.82, 2.24) is 15.5 Å². The summed E-state index contributed by atoms with van der Waals surface area (Å²) in [5.74, 6) is 2.79. The quantitative estimate of drug-likeness (QED) is 0.618. The van der Waals surface area contributed by atoms with Gasteiger partial charge in [-0.15, -0.1) is 10.2 Å². The number of aromatic nitrogens is 2. The Bertz CT molecular complexity index is 428. The smallest absolute Gasteiger partial charge is 0.174 e. The van der Waals surface area contributed by atoms with Gasteiger partial charge < -0.3 is 9.73 Å². The van der Waals surface area contributed by atoms with E-state index in [0.717, 1.165) is 41.1 Å². The lowest BCUT2D eigenvalue weighted by Crippen LogP contribution is -2.12. The van der Waals surface area contributed by atoms with Gasteiger partial charge in [0, 0.05) is 0 Å². The molecule has 0 amide bonds. The van der Waals surface area contributed by atoms with E-state index in [4.69, 9.17) is 4.42 Å². The van der Waals surface area contributed by atoms with Gasteiger partial charge in [0.1, 0.15) is 17.0 Å². The van der Waals surface area contributed by atoms with Gasteiger partial charge in [0.2, 0.25) is 0 Å². The standard InChI is InChI=1S/C11H15N3OS2/c1-2-5-12-6-9-3-4-10(15-9)7-16-11-14-13-8-17-11/h3-4,8,12H,2,5-7H2,1H3. The highest BCUT2D eigenvalue weighted by molar-refractivity contribution is 8.00. The van der Waals surface area contributed by atoms with Crippen molar-refractivity contribution < 1.29 is 4.42 Å². The number of nitrogens with zero attached hydrogens (tertiary/aromatic N) is 2. The zero-order valence-corrected chi connectivity index (χ0v) is 11.3. The first-order valence-electron chi connectivity index (χ1n) is 5.55. The Morgan fingerprint density at radius 3 is 3.06 bits per heavy atom. The summed E-state index contributed by atoms with van der Waals surface area (Å²) in [7, 11) is 0. The molecule has 17 heavy (non-hydrogen) atoms. The van der Waals surface area contributed by atoms with Crippen LogP contribution in [0, 0.1) is 0 Å². The van der Waals surface area contributed by atoms with Gasteiger partial charge in [-0.25, -0.2) is 0 Å². The third kappa shape index (κ3) is 4.14. The maximum atomic E-state index is 5.70. The highest BCUT2D eigenvalue weighted by Gasteiger charge is 2.04. The van der Waals surface area contributed by atoms with E-state index < -0.39 is 0 Å². The van der Waals surface area contributed by atoms with Crippen LogP contribution in [0.15, 0.2) is 26.4 Å². The summed E-state index contributed by atoms with van der Waals surface area (Å²) >= 11 is 3.21. The zero-order chi connectivity index (χ0) is 11.9. The molecule has 2 aromatic rings. The molecule has 0 saturated heterocycles. The lowest BCUT2D eigenvalue weighted by molar-refractivity contribution is 0.459. The van der Waals surface area contributed by atoms with Crippen molar-refractivity contribution >= 4 is 23.1 Å². The first kappa shape index (κ1) is 12.6. The molecule has 0 spiro atoms. The number of nitrogens with one attached hydrogen (secondary N) is 1. The van der Waals surface area contributed by atoms with Crippen molar-refractivity contribution in [3.8, 4) is 0 Å². The minimum atomic E-state index is 0.803. The Balaban J connectivity index is 1.77. The van der Waals surface area contributed by atoms with Crippen LogP contribution in [0.1, 0.15) is 24.9 Å². The average molecular weight is 269 g/mol. The number of thioether (sulfide) groups is 1. The summed E-state index contributed by atoms with van der Waals surface area (Å²) in [5.41, 5.74) is 1.74. The van der Waals surface area contributed by atoms with E-state index in [2.05, 4.69) is 22.4 Å². The topological polar surface area (TPSA) is 51.0 Å². The van der Waals surface area contributed by atoms with E-state index >= 15 is 0 Å². The van der Waals surface area contributed by atoms with Crippen LogP contribution >= 0.6 is 23.1 Å². The van der Waals surface area contributed by atoms with Gasteiger partial charge >= 0.3 is 0 Å². The first-order chi connectivity index (χ1) is 8.38.